The Kier molecular flexibility index (Phi) is 1.95. The molecule has 1 unspecified atom stereocenters. The summed E-state index contributed by atoms with van der Waals surface area (Å²) in [5, 5.41) is 12.8. The highest BCUT2D eigenvalue weighted by molar-refractivity contribution is 5.09. The minimum absolute atomic E-state index is 0.163. The Hall–Kier alpha value is -1.30. The van der Waals surface area contributed by atoms with Crippen LogP contribution in [0, 0.1) is 25.2 Å². The molecule has 1 aromatic rings. The summed E-state index contributed by atoms with van der Waals surface area (Å²) in [5.41, 5.74) is 2.00. The lowest BCUT2D eigenvalue weighted by Crippen LogP contribution is -2.06. The first-order valence-corrected chi connectivity index (χ1v) is 3.57. The van der Waals surface area contributed by atoms with Gasteiger partial charge in [0.1, 0.15) is 6.04 Å². The Morgan fingerprint density at radius 1 is 1.64 bits per heavy atom. The van der Waals surface area contributed by atoms with Crippen molar-refractivity contribution in [2.75, 3.05) is 0 Å². The number of nitrogens with zero attached hydrogens (tertiary/aromatic N) is 3. The maximum absolute atomic E-state index is 8.61. The van der Waals surface area contributed by atoms with Gasteiger partial charge in [0.15, 0.2) is 0 Å². The monoisotopic (exact) mass is 149 g/mol. The molecule has 0 aliphatic rings. The van der Waals surface area contributed by atoms with Gasteiger partial charge in [0.2, 0.25) is 0 Å². The molecular weight excluding hydrogens is 138 g/mol. The maximum Gasteiger partial charge on any atom is 0.136 e. The molecule has 0 aliphatic heterocycles. The van der Waals surface area contributed by atoms with Gasteiger partial charge in [0.05, 0.1) is 11.8 Å². The number of aromatic nitrogens is 2. The average Bonchev–Trinajstić information content (AvgIpc) is 2.28. The Morgan fingerprint density at radius 2 is 2.27 bits per heavy atom. The van der Waals surface area contributed by atoms with Crippen molar-refractivity contribution in [2.24, 2.45) is 0 Å². The summed E-state index contributed by atoms with van der Waals surface area (Å²) in [4.78, 5) is 0. The van der Waals surface area contributed by atoms with Gasteiger partial charge >= 0.3 is 0 Å². The first-order chi connectivity index (χ1) is 5.15. The number of nitriles is 1. The molecule has 0 amide bonds. The molecule has 1 rings (SSSR count). The molecule has 1 heterocycles. The van der Waals surface area contributed by atoms with E-state index in [-0.39, 0.29) is 6.04 Å². The van der Waals surface area contributed by atoms with Gasteiger partial charge in [-0.15, -0.1) is 0 Å². The molecule has 0 aliphatic carbocycles. The quantitative estimate of drug-likeness (QED) is 0.608. The average molecular weight is 149 g/mol. The van der Waals surface area contributed by atoms with Gasteiger partial charge in [0.25, 0.3) is 0 Å². The largest absolute Gasteiger partial charge is 0.253 e. The second-order valence-corrected chi connectivity index (χ2v) is 2.68. The van der Waals surface area contributed by atoms with Crippen molar-refractivity contribution >= 4 is 0 Å². The molecule has 0 spiro atoms. The number of aryl methyl sites for hydroxylation is 2. The van der Waals surface area contributed by atoms with Gasteiger partial charge in [-0.05, 0) is 26.8 Å². The van der Waals surface area contributed by atoms with Gasteiger partial charge in [-0.1, -0.05) is 0 Å². The standard InChI is InChI=1S/C8H11N3/c1-6-4-7(2)11(10-6)8(3)5-9/h4,8H,1-3H3. The van der Waals surface area contributed by atoms with Crippen molar-refractivity contribution < 1.29 is 0 Å². The molecule has 0 aromatic carbocycles. The summed E-state index contributed by atoms with van der Waals surface area (Å²) in [5.74, 6) is 0. The van der Waals surface area contributed by atoms with Crippen LogP contribution in [0.1, 0.15) is 24.4 Å². The van der Waals surface area contributed by atoms with Crippen LogP contribution in [0.2, 0.25) is 0 Å². The van der Waals surface area contributed by atoms with Gasteiger partial charge in [-0.3, -0.25) is 4.68 Å². The summed E-state index contributed by atoms with van der Waals surface area (Å²) in [6.07, 6.45) is 0. The van der Waals surface area contributed by atoms with Crippen molar-refractivity contribution in [3.05, 3.63) is 17.5 Å². The summed E-state index contributed by atoms with van der Waals surface area (Å²) in [7, 11) is 0. The molecule has 3 nitrogen and oxygen atoms in total. The predicted octanol–water partition coefficient (Wildman–Crippen LogP) is 1.58. The van der Waals surface area contributed by atoms with Gasteiger partial charge < -0.3 is 0 Å². The lowest BCUT2D eigenvalue weighted by molar-refractivity contribution is 0.571. The highest BCUT2D eigenvalue weighted by atomic mass is 15.3. The van der Waals surface area contributed by atoms with Crippen molar-refractivity contribution in [2.45, 2.75) is 26.8 Å². The van der Waals surface area contributed by atoms with Crippen molar-refractivity contribution in [3.63, 3.8) is 0 Å². The molecule has 1 atom stereocenters. The van der Waals surface area contributed by atoms with E-state index in [0.29, 0.717) is 0 Å². The van der Waals surface area contributed by atoms with E-state index in [9.17, 15) is 0 Å². The summed E-state index contributed by atoms with van der Waals surface area (Å²) in [6.45, 7) is 5.71. The van der Waals surface area contributed by atoms with Crippen molar-refractivity contribution in [1.82, 2.24) is 9.78 Å². The third-order valence-corrected chi connectivity index (χ3v) is 1.60. The molecule has 11 heavy (non-hydrogen) atoms. The summed E-state index contributed by atoms with van der Waals surface area (Å²) < 4.78 is 1.73. The fourth-order valence-electron chi connectivity index (χ4n) is 1.09. The van der Waals surface area contributed by atoms with E-state index in [1.54, 1.807) is 4.68 Å². The van der Waals surface area contributed by atoms with Crippen LogP contribution < -0.4 is 0 Å². The summed E-state index contributed by atoms with van der Waals surface area (Å²) in [6, 6.07) is 3.94. The minimum Gasteiger partial charge on any atom is -0.253 e. The molecule has 58 valence electrons. The van der Waals surface area contributed by atoms with E-state index in [2.05, 4.69) is 11.2 Å². The molecule has 0 radical (unpaired) electrons. The van der Waals surface area contributed by atoms with Crippen molar-refractivity contribution in [3.8, 4) is 6.07 Å². The van der Waals surface area contributed by atoms with E-state index < -0.39 is 0 Å². The fraction of sp³-hybridized carbons (Fsp3) is 0.500. The Balaban J connectivity index is 3.05. The van der Waals surface area contributed by atoms with Gasteiger partial charge in [0, 0.05) is 5.69 Å². The highest BCUT2D eigenvalue weighted by Gasteiger charge is 2.06. The van der Waals surface area contributed by atoms with Crippen LogP contribution in [0.4, 0.5) is 0 Å². The molecule has 0 bridgehead atoms. The van der Waals surface area contributed by atoms with Crippen LogP contribution in [-0.4, -0.2) is 9.78 Å². The number of hydrogen-bond donors (Lipinski definition) is 0. The zero-order chi connectivity index (χ0) is 8.43. The fourth-order valence-corrected chi connectivity index (χ4v) is 1.09. The molecule has 0 saturated heterocycles. The van der Waals surface area contributed by atoms with Crippen molar-refractivity contribution in [1.29, 1.82) is 5.26 Å². The van der Waals surface area contributed by atoms with Crippen LogP contribution in [0.5, 0.6) is 0 Å². The van der Waals surface area contributed by atoms with E-state index in [4.69, 9.17) is 5.26 Å². The molecule has 0 N–H and O–H groups in total. The zero-order valence-corrected chi connectivity index (χ0v) is 7.00. The van der Waals surface area contributed by atoms with Crippen LogP contribution >= 0.6 is 0 Å². The first-order valence-electron chi connectivity index (χ1n) is 3.57. The van der Waals surface area contributed by atoms with Crippen LogP contribution in [0.25, 0.3) is 0 Å². The van der Waals surface area contributed by atoms with E-state index in [0.717, 1.165) is 11.4 Å². The zero-order valence-electron chi connectivity index (χ0n) is 7.00. The minimum atomic E-state index is -0.163. The molecule has 0 saturated carbocycles. The normalized spacial score (nSPS) is 12.5. The summed E-state index contributed by atoms with van der Waals surface area (Å²) >= 11 is 0. The number of rotatable bonds is 1. The third-order valence-electron chi connectivity index (χ3n) is 1.60. The molecule has 3 heteroatoms. The van der Waals surface area contributed by atoms with E-state index in [1.165, 1.54) is 0 Å². The SMILES string of the molecule is Cc1cc(C)n(C(C)C#N)n1. The Morgan fingerprint density at radius 3 is 2.64 bits per heavy atom. The molecular formula is C8H11N3. The van der Waals surface area contributed by atoms with Gasteiger partial charge in [-0.25, -0.2) is 0 Å². The highest BCUT2D eigenvalue weighted by Crippen LogP contribution is 2.08. The predicted molar refractivity (Wildman–Crippen MR) is 42.0 cm³/mol. The lowest BCUT2D eigenvalue weighted by Gasteiger charge is -2.03. The smallest absolute Gasteiger partial charge is 0.136 e. The Bertz CT molecular complexity index is 293. The van der Waals surface area contributed by atoms with E-state index >= 15 is 0 Å². The molecule has 0 fully saturated rings. The second-order valence-electron chi connectivity index (χ2n) is 2.68. The lowest BCUT2D eigenvalue weighted by atomic mass is 10.3. The van der Waals surface area contributed by atoms with E-state index in [1.807, 2.05) is 26.8 Å². The maximum atomic E-state index is 8.61. The third kappa shape index (κ3) is 1.40. The van der Waals surface area contributed by atoms with Crippen LogP contribution in [0.15, 0.2) is 6.07 Å². The van der Waals surface area contributed by atoms with Crippen LogP contribution in [0.3, 0.4) is 0 Å². The topological polar surface area (TPSA) is 41.6 Å². The number of hydrogen-bond acceptors (Lipinski definition) is 2. The molecule has 1 aromatic heterocycles. The first kappa shape index (κ1) is 7.80. The Labute approximate surface area is 66.3 Å². The van der Waals surface area contributed by atoms with Crippen LogP contribution in [-0.2, 0) is 0 Å². The van der Waals surface area contributed by atoms with Gasteiger partial charge in [-0.2, -0.15) is 10.4 Å². The second kappa shape index (κ2) is 2.75.